The number of nitrogens with zero attached hydrogens (tertiary/aromatic N) is 4. The number of para-hydroxylation sites is 1. The van der Waals surface area contributed by atoms with E-state index >= 15 is 0 Å². The first-order valence-corrected chi connectivity index (χ1v) is 17.5. The van der Waals surface area contributed by atoms with E-state index in [4.69, 9.17) is 15.0 Å². The van der Waals surface area contributed by atoms with Crippen LogP contribution in [0.2, 0.25) is 0 Å². The number of benzene rings is 7. The highest BCUT2D eigenvalue weighted by Crippen LogP contribution is 2.43. The summed E-state index contributed by atoms with van der Waals surface area (Å²) in [5.41, 5.74) is 8.65. The van der Waals surface area contributed by atoms with E-state index in [1.165, 1.54) is 42.1 Å². The molecule has 0 radical (unpaired) electrons. The molecule has 50 heavy (non-hydrogen) atoms. The first-order valence-electron chi connectivity index (χ1n) is 16.7. The zero-order valence-corrected chi connectivity index (χ0v) is 27.7. The van der Waals surface area contributed by atoms with Gasteiger partial charge in [-0.15, -0.1) is 11.3 Å². The number of aromatic nitrogens is 4. The molecule has 0 spiro atoms. The fourth-order valence-corrected chi connectivity index (χ4v) is 8.28. The molecule has 0 atom stereocenters. The summed E-state index contributed by atoms with van der Waals surface area (Å²) in [6.45, 7) is 0. The Bertz CT molecular complexity index is 2800. The lowest BCUT2D eigenvalue weighted by Gasteiger charge is -2.14. The van der Waals surface area contributed by atoms with E-state index in [1.807, 2.05) is 47.7 Å². The van der Waals surface area contributed by atoms with Crippen LogP contribution in [0.15, 0.2) is 170 Å². The van der Waals surface area contributed by atoms with Crippen LogP contribution in [0, 0.1) is 0 Å². The quantitative estimate of drug-likeness (QED) is 0.185. The second-order valence-electron chi connectivity index (χ2n) is 12.5. The van der Waals surface area contributed by atoms with Gasteiger partial charge in [0, 0.05) is 47.6 Å². The summed E-state index contributed by atoms with van der Waals surface area (Å²) in [5.74, 6) is 1.94. The van der Waals surface area contributed by atoms with Crippen molar-refractivity contribution in [1.29, 1.82) is 0 Å². The molecule has 10 aromatic rings. The Morgan fingerprint density at radius 1 is 0.360 bits per heavy atom. The van der Waals surface area contributed by atoms with Gasteiger partial charge in [-0.2, -0.15) is 0 Å². The fourth-order valence-electron chi connectivity index (χ4n) is 7.12. The van der Waals surface area contributed by atoms with Gasteiger partial charge in [0.15, 0.2) is 17.5 Å². The van der Waals surface area contributed by atoms with E-state index in [-0.39, 0.29) is 0 Å². The molecule has 0 saturated heterocycles. The monoisotopic (exact) mass is 656 g/mol. The minimum Gasteiger partial charge on any atom is -0.309 e. The molecule has 0 aliphatic carbocycles. The smallest absolute Gasteiger partial charge is 0.164 e. The summed E-state index contributed by atoms with van der Waals surface area (Å²) in [4.78, 5) is 15.2. The average molecular weight is 657 g/mol. The topological polar surface area (TPSA) is 43.6 Å². The maximum Gasteiger partial charge on any atom is 0.164 e. The van der Waals surface area contributed by atoms with Crippen LogP contribution in [0.3, 0.4) is 0 Å². The largest absolute Gasteiger partial charge is 0.309 e. The van der Waals surface area contributed by atoms with Crippen molar-refractivity contribution in [2.24, 2.45) is 0 Å². The van der Waals surface area contributed by atoms with Gasteiger partial charge in [-0.25, -0.2) is 15.0 Å². The maximum absolute atomic E-state index is 5.13. The summed E-state index contributed by atoms with van der Waals surface area (Å²) >= 11 is 1.81. The summed E-state index contributed by atoms with van der Waals surface area (Å²) in [6.07, 6.45) is 0. The van der Waals surface area contributed by atoms with Crippen LogP contribution in [-0.2, 0) is 0 Å². The molecule has 3 aromatic heterocycles. The van der Waals surface area contributed by atoms with Crippen LogP contribution in [0.5, 0.6) is 0 Å². The Labute approximate surface area is 292 Å². The lowest BCUT2D eigenvalue weighted by atomic mass is 10.0. The van der Waals surface area contributed by atoms with E-state index in [0.717, 1.165) is 33.4 Å². The second-order valence-corrected chi connectivity index (χ2v) is 13.5. The summed E-state index contributed by atoms with van der Waals surface area (Å²) in [5, 5.41) is 4.90. The lowest BCUT2D eigenvalue weighted by molar-refractivity contribution is 1.07. The van der Waals surface area contributed by atoms with Crippen LogP contribution in [0.25, 0.3) is 93.0 Å². The number of fused-ring (bicyclic) bond motifs is 6. The highest BCUT2D eigenvalue weighted by atomic mass is 32.1. The molecular formula is C45H28N4S. The molecule has 0 saturated carbocycles. The molecule has 0 bridgehead atoms. The van der Waals surface area contributed by atoms with E-state index in [0.29, 0.717) is 17.5 Å². The molecule has 0 aliphatic heterocycles. The normalized spacial score (nSPS) is 11.6. The van der Waals surface area contributed by atoms with Gasteiger partial charge in [0.1, 0.15) is 0 Å². The van der Waals surface area contributed by atoms with Gasteiger partial charge in [-0.1, -0.05) is 140 Å². The third-order valence-electron chi connectivity index (χ3n) is 9.44. The highest BCUT2D eigenvalue weighted by Gasteiger charge is 2.21. The molecule has 234 valence electrons. The zero-order chi connectivity index (χ0) is 33.0. The predicted octanol–water partition coefficient (Wildman–Crippen LogP) is 12.0. The molecular weight excluding hydrogens is 629 g/mol. The minimum atomic E-state index is 0.643. The van der Waals surface area contributed by atoms with Crippen molar-refractivity contribution in [1.82, 2.24) is 19.5 Å². The molecule has 4 nitrogen and oxygen atoms in total. The Morgan fingerprint density at radius 3 is 1.58 bits per heavy atom. The Kier molecular flexibility index (Phi) is 6.64. The third-order valence-corrected chi connectivity index (χ3v) is 10.6. The predicted molar refractivity (Wildman–Crippen MR) is 209 cm³/mol. The third kappa shape index (κ3) is 4.71. The number of rotatable bonds is 5. The van der Waals surface area contributed by atoms with Crippen LogP contribution in [-0.4, -0.2) is 19.5 Å². The van der Waals surface area contributed by atoms with E-state index in [1.54, 1.807) is 0 Å². The first kappa shape index (κ1) is 28.6. The number of thiophene rings is 1. The average Bonchev–Trinajstić information content (AvgIpc) is 3.74. The molecule has 0 fully saturated rings. The Morgan fingerprint density at radius 2 is 0.900 bits per heavy atom. The van der Waals surface area contributed by atoms with Gasteiger partial charge < -0.3 is 4.57 Å². The molecule has 0 aliphatic rings. The van der Waals surface area contributed by atoms with Gasteiger partial charge in [-0.3, -0.25) is 0 Å². The van der Waals surface area contributed by atoms with E-state index < -0.39 is 0 Å². The van der Waals surface area contributed by atoms with Crippen molar-refractivity contribution >= 4 is 53.3 Å². The van der Waals surface area contributed by atoms with Crippen molar-refractivity contribution in [2.75, 3.05) is 0 Å². The van der Waals surface area contributed by atoms with Gasteiger partial charge in [-0.05, 0) is 41.5 Å². The Hall–Kier alpha value is -6.43. The number of hydrogen-bond acceptors (Lipinski definition) is 4. The van der Waals surface area contributed by atoms with Crippen molar-refractivity contribution in [2.45, 2.75) is 0 Å². The van der Waals surface area contributed by atoms with Crippen molar-refractivity contribution in [3.63, 3.8) is 0 Å². The molecule has 10 rings (SSSR count). The molecule has 0 unspecified atom stereocenters. The van der Waals surface area contributed by atoms with Crippen LogP contribution in [0.4, 0.5) is 0 Å². The number of hydrogen-bond donors (Lipinski definition) is 0. The molecule has 0 amide bonds. The second kappa shape index (κ2) is 11.6. The van der Waals surface area contributed by atoms with Crippen molar-refractivity contribution < 1.29 is 0 Å². The summed E-state index contributed by atoms with van der Waals surface area (Å²) in [6, 6.07) is 59.8. The minimum absolute atomic E-state index is 0.643. The van der Waals surface area contributed by atoms with E-state index in [9.17, 15) is 0 Å². The first-order chi connectivity index (χ1) is 24.8. The van der Waals surface area contributed by atoms with Crippen LogP contribution in [0.1, 0.15) is 0 Å². The van der Waals surface area contributed by atoms with E-state index in [2.05, 4.69) is 138 Å². The van der Waals surface area contributed by atoms with Crippen LogP contribution < -0.4 is 0 Å². The van der Waals surface area contributed by atoms with Crippen LogP contribution >= 0.6 is 11.3 Å². The molecule has 3 heterocycles. The van der Waals surface area contributed by atoms with Crippen molar-refractivity contribution in [3.8, 4) is 51.0 Å². The molecule has 7 aromatic carbocycles. The lowest BCUT2D eigenvalue weighted by Crippen LogP contribution is -2.01. The molecule has 0 N–H and O–H groups in total. The SMILES string of the molecule is c1ccc(-c2ccc3c4ccccc4n(-c4cc(-c5nc(-c6ccccc6)nc(-c6ccccc6)n5)cc5sc6ccccc6c45)c3c2)cc1. The molecule has 5 heteroatoms. The highest BCUT2D eigenvalue weighted by molar-refractivity contribution is 7.26. The van der Waals surface area contributed by atoms with Gasteiger partial charge in [0.25, 0.3) is 0 Å². The summed E-state index contributed by atoms with van der Waals surface area (Å²) in [7, 11) is 0. The standard InChI is InChI=1S/C45H28N4S/c1-4-14-29(15-5-1)32-24-25-35-34-20-10-12-22-37(34)49(38(35)26-32)39-27-33(28-41-42(39)36-21-11-13-23-40(36)50-41)45-47-43(30-16-6-2-7-17-30)46-44(48-45)31-18-8-3-9-19-31/h1-28H. The van der Waals surface area contributed by atoms with Gasteiger partial charge in [0.2, 0.25) is 0 Å². The summed E-state index contributed by atoms with van der Waals surface area (Å²) < 4.78 is 4.88. The van der Waals surface area contributed by atoms with Gasteiger partial charge >= 0.3 is 0 Å². The zero-order valence-electron chi connectivity index (χ0n) is 26.9. The fraction of sp³-hybridized carbons (Fsp3) is 0. The van der Waals surface area contributed by atoms with Gasteiger partial charge in [0.05, 0.1) is 16.7 Å². The van der Waals surface area contributed by atoms with Crippen molar-refractivity contribution in [3.05, 3.63) is 170 Å². The maximum atomic E-state index is 5.13. The Balaban J connectivity index is 1.30.